The molecule has 0 heterocycles. The zero-order chi connectivity index (χ0) is 15.6. The highest BCUT2D eigenvalue weighted by Gasteiger charge is 2.36. The summed E-state index contributed by atoms with van der Waals surface area (Å²) in [5.41, 5.74) is -0.0225. The summed E-state index contributed by atoms with van der Waals surface area (Å²) >= 11 is 12.3. The first-order valence-corrected chi connectivity index (χ1v) is 8.44. The van der Waals surface area contributed by atoms with E-state index in [1.165, 1.54) is 6.08 Å². The van der Waals surface area contributed by atoms with E-state index in [2.05, 4.69) is 6.92 Å². The second kappa shape index (κ2) is 6.87. The first-order valence-electron chi connectivity index (χ1n) is 7.56. The van der Waals surface area contributed by atoms with Crippen LogP contribution in [-0.4, -0.2) is 22.8 Å². The molecule has 21 heavy (non-hydrogen) atoms. The van der Waals surface area contributed by atoms with Gasteiger partial charge in [0.15, 0.2) is 0 Å². The molecule has 2 aliphatic carbocycles. The summed E-state index contributed by atoms with van der Waals surface area (Å²) < 4.78 is 32.9. The molecule has 1 nitrogen and oxygen atoms in total. The van der Waals surface area contributed by atoms with Crippen LogP contribution in [0.15, 0.2) is 23.5 Å². The molecule has 0 aliphatic heterocycles. The number of ether oxygens (including phenoxy) is 1. The van der Waals surface area contributed by atoms with Crippen molar-refractivity contribution in [1.29, 1.82) is 0 Å². The fraction of sp³-hybridized carbons (Fsp3) is 0.750. The molecule has 0 saturated carbocycles. The highest BCUT2D eigenvalue weighted by Crippen LogP contribution is 2.37. The molecule has 0 fully saturated rings. The van der Waals surface area contributed by atoms with Crippen molar-refractivity contribution in [2.75, 3.05) is 0 Å². The number of allylic oxidation sites excluding steroid dienone is 3. The lowest BCUT2D eigenvalue weighted by atomic mass is 9.90. The Morgan fingerprint density at radius 1 is 1.24 bits per heavy atom. The van der Waals surface area contributed by atoms with E-state index in [-0.39, 0.29) is 17.1 Å². The topological polar surface area (TPSA) is 9.23 Å². The number of hydrogen-bond acceptors (Lipinski definition) is 1. The summed E-state index contributed by atoms with van der Waals surface area (Å²) in [5, 5.41) is -0.630. The molecule has 4 atom stereocenters. The van der Waals surface area contributed by atoms with E-state index in [4.69, 9.17) is 27.9 Å². The Morgan fingerprint density at radius 2 is 1.95 bits per heavy atom. The van der Waals surface area contributed by atoms with Crippen LogP contribution in [0, 0.1) is 5.92 Å². The number of alkyl halides is 4. The number of halogens is 4. The van der Waals surface area contributed by atoms with Crippen LogP contribution in [-0.2, 0) is 4.74 Å². The summed E-state index contributed by atoms with van der Waals surface area (Å²) in [6.45, 7) is 3.01. The van der Waals surface area contributed by atoms with E-state index in [1.54, 1.807) is 0 Å². The van der Waals surface area contributed by atoms with Crippen molar-refractivity contribution in [2.45, 2.75) is 68.7 Å². The van der Waals surface area contributed by atoms with Crippen LogP contribution in [0.25, 0.3) is 0 Å². The van der Waals surface area contributed by atoms with Crippen molar-refractivity contribution in [3.63, 3.8) is 0 Å². The third-order valence-electron chi connectivity index (χ3n) is 4.30. The fourth-order valence-electron chi connectivity index (χ4n) is 2.97. The first kappa shape index (κ1) is 17.1. The van der Waals surface area contributed by atoms with Gasteiger partial charge in [-0.1, -0.05) is 13.3 Å². The van der Waals surface area contributed by atoms with Crippen molar-refractivity contribution in [3.8, 4) is 0 Å². The van der Waals surface area contributed by atoms with Crippen molar-refractivity contribution in [3.05, 3.63) is 23.5 Å². The van der Waals surface area contributed by atoms with Gasteiger partial charge in [-0.2, -0.15) is 0 Å². The van der Waals surface area contributed by atoms with Crippen LogP contribution in [0.3, 0.4) is 0 Å². The van der Waals surface area contributed by atoms with Gasteiger partial charge in [0.05, 0.1) is 16.5 Å². The summed E-state index contributed by atoms with van der Waals surface area (Å²) in [6, 6.07) is 0. The van der Waals surface area contributed by atoms with Gasteiger partial charge in [-0.25, -0.2) is 8.78 Å². The third-order valence-corrected chi connectivity index (χ3v) is 5.23. The van der Waals surface area contributed by atoms with Crippen LogP contribution in [0.1, 0.15) is 46.0 Å². The van der Waals surface area contributed by atoms with Gasteiger partial charge in [0, 0.05) is 18.9 Å². The zero-order valence-electron chi connectivity index (χ0n) is 12.4. The molecule has 0 aromatic carbocycles. The number of rotatable bonds is 4. The Kier molecular flexibility index (Phi) is 5.59. The summed E-state index contributed by atoms with van der Waals surface area (Å²) in [5.74, 6) is -1.59. The minimum atomic E-state index is -2.89. The van der Waals surface area contributed by atoms with Gasteiger partial charge >= 0.3 is 0 Å². The van der Waals surface area contributed by atoms with Crippen LogP contribution in [0.2, 0.25) is 0 Å². The smallest absolute Gasteiger partial charge is 0.268 e. The Balaban J connectivity index is 2.05. The van der Waals surface area contributed by atoms with Crippen LogP contribution < -0.4 is 0 Å². The molecule has 2 rings (SSSR count). The first-order chi connectivity index (χ1) is 9.81. The minimum absolute atomic E-state index is 0.0225. The highest BCUT2D eigenvalue weighted by molar-refractivity contribution is 6.22. The molecule has 0 saturated heterocycles. The SMILES string of the molecule is CCC1CCC(OC2C=C(C(C)(F)F)C(Cl)CC2)=CC1Cl. The molecule has 120 valence electrons. The predicted molar refractivity (Wildman–Crippen MR) is 83.2 cm³/mol. The summed E-state index contributed by atoms with van der Waals surface area (Å²) in [6.07, 6.45) is 7.14. The third kappa shape index (κ3) is 4.35. The quantitative estimate of drug-likeness (QED) is 0.474. The molecular formula is C16H22Cl2F2O. The Hall–Kier alpha value is -0.280. The standard InChI is InChI=1S/C16H22Cl2F2O/c1-3-10-4-5-12(9-15(10)18)21-11-6-7-14(17)13(8-11)16(2,19)20/h8-11,14-15H,3-7H2,1-2H3. The molecule has 2 aliphatic rings. The van der Waals surface area contributed by atoms with E-state index in [0.29, 0.717) is 18.8 Å². The maximum atomic E-state index is 13.5. The van der Waals surface area contributed by atoms with Crippen LogP contribution >= 0.6 is 23.2 Å². The zero-order valence-corrected chi connectivity index (χ0v) is 13.9. The molecular weight excluding hydrogens is 317 g/mol. The van der Waals surface area contributed by atoms with Crippen LogP contribution in [0.5, 0.6) is 0 Å². The lowest BCUT2D eigenvalue weighted by Crippen LogP contribution is -2.30. The molecule has 0 N–H and O–H groups in total. The van der Waals surface area contributed by atoms with Crippen molar-refractivity contribution < 1.29 is 13.5 Å². The van der Waals surface area contributed by atoms with E-state index in [1.807, 2.05) is 6.08 Å². The molecule has 5 heteroatoms. The maximum absolute atomic E-state index is 13.5. The molecule has 0 bridgehead atoms. The Morgan fingerprint density at radius 3 is 2.52 bits per heavy atom. The summed E-state index contributed by atoms with van der Waals surface area (Å²) in [7, 11) is 0. The van der Waals surface area contributed by atoms with E-state index in [0.717, 1.165) is 31.9 Å². The fourth-order valence-corrected chi connectivity index (χ4v) is 3.81. The molecule has 0 spiro atoms. The molecule has 0 aromatic rings. The average Bonchev–Trinajstić information content (AvgIpc) is 2.40. The van der Waals surface area contributed by atoms with Crippen molar-refractivity contribution in [1.82, 2.24) is 0 Å². The van der Waals surface area contributed by atoms with Crippen LogP contribution in [0.4, 0.5) is 8.78 Å². The van der Waals surface area contributed by atoms with Crippen molar-refractivity contribution >= 4 is 23.2 Å². The van der Waals surface area contributed by atoms with Gasteiger partial charge in [-0.05, 0) is 37.3 Å². The van der Waals surface area contributed by atoms with Crippen molar-refractivity contribution in [2.24, 2.45) is 5.92 Å². The lowest BCUT2D eigenvalue weighted by Gasteiger charge is -2.31. The second-order valence-electron chi connectivity index (χ2n) is 6.00. The van der Waals surface area contributed by atoms with E-state index < -0.39 is 11.3 Å². The lowest BCUT2D eigenvalue weighted by molar-refractivity contribution is 0.0502. The van der Waals surface area contributed by atoms with Gasteiger partial charge in [0.1, 0.15) is 6.10 Å². The molecule has 4 unspecified atom stereocenters. The van der Waals surface area contributed by atoms with Gasteiger partial charge in [0.2, 0.25) is 0 Å². The predicted octanol–water partition coefficient (Wildman–Crippen LogP) is 5.67. The van der Waals surface area contributed by atoms with Gasteiger partial charge in [0.25, 0.3) is 5.92 Å². The van der Waals surface area contributed by atoms with E-state index >= 15 is 0 Å². The highest BCUT2D eigenvalue weighted by atomic mass is 35.5. The summed E-state index contributed by atoms with van der Waals surface area (Å²) in [4.78, 5) is 0. The monoisotopic (exact) mass is 338 g/mol. The van der Waals surface area contributed by atoms with Gasteiger partial charge < -0.3 is 4.74 Å². The van der Waals surface area contributed by atoms with Gasteiger partial charge in [-0.15, -0.1) is 23.2 Å². The van der Waals surface area contributed by atoms with E-state index in [9.17, 15) is 8.78 Å². The molecule has 0 aromatic heterocycles. The second-order valence-corrected chi connectivity index (χ2v) is 7.03. The average molecular weight is 339 g/mol. The molecule has 0 radical (unpaired) electrons. The Bertz CT molecular complexity index is 428. The molecule has 0 amide bonds. The largest absolute Gasteiger partial charge is 0.491 e. The maximum Gasteiger partial charge on any atom is 0.268 e. The number of hydrogen-bond donors (Lipinski definition) is 0. The minimum Gasteiger partial charge on any atom is -0.491 e. The van der Waals surface area contributed by atoms with Gasteiger partial charge in [-0.3, -0.25) is 0 Å². The normalized spacial score (nSPS) is 34.2. The Labute approximate surface area is 135 Å².